The van der Waals surface area contributed by atoms with Crippen LogP contribution in [0, 0.1) is 36.4 Å². The monoisotopic (exact) mass is 1910 g/mol. The molecule has 8 aromatic carbocycles. The lowest BCUT2D eigenvalue weighted by Gasteiger charge is -2.29. The molecule has 720 valence electrons. The smallest absolute Gasteiger partial charge is 0.309 e. The number of hydrogen-bond acceptors (Lipinski definition) is 29. The molecule has 0 bridgehead atoms. The van der Waals surface area contributed by atoms with Gasteiger partial charge in [-0.05, 0) is 189 Å². The summed E-state index contributed by atoms with van der Waals surface area (Å²) in [6.07, 6.45) is 32.8. The summed E-state index contributed by atoms with van der Waals surface area (Å²) in [4.78, 5) is 59.1. The fourth-order valence-corrected chi connectivity index (χ4v) is 17.3. The highest BCUT2D eigenvalue weighted by molar-refractivity contribution is 7.89. The summed E-state index contributed by atoms with van der Waals surface area (Å²) in [5.74, 6) is 7.04. The molecule has 35 heteroatoms. The molecule has 4 aliphatic rings. The molecule has 0 spiro atoms. The molecule has 0 radical (unpaired) electrons. The van der Waals surface area contributed by atoms with Crippen LogP contribution in [0.25, 0.3) is 89.2 Å². The molecule has 0 unspecified atom stereocenters. The third kappa shape index (κ3) is 23.1. The molecule has 21 rings (SSSR count). The van der Waals surface area contributed by atoms with E-state index in [4.69, 9.17) is 67.3 Å². The Hall–Kier alpha value is -15.7. The fraction of sp³-hybridized carbons (Fsp3) is 0.314. The van der Waals surface area contributed by atoms with Crippen LogP contribution < -0.4 is 52.8 Å². The van der Waals surface area contributed by atoms with Crippen LogP contribution in [-0.4, -0.2) is 180 Å². The maximum absolute atomic E-state index is 14.2. The van der Waals surface area contributed by atoms with Crippen LogP contribution >= 0.6 is 0 Å². The molecule has 4 saturated carbocycles. The van der Waals surface area contributed by atoms with E-state index in [2.05, 4.69) is 83.5 Å². The Morgan fingerprint density at radius 1 is 0.429 bits per heavy atom. The topological polar surface area (TPSA) is 349 Å². The average molecular weight is 1910 g/mol. The first kappa shape index (κ1) is 94.7. The van der Waals surface area contributed by atoms with E-state index in [0.29, 0.717) is 58.3 Å². The highest BCUT2D eigenvalue weighted by atomic mass is 32.2. The Morgan fingerprint density at radius 2 is 0.807 bits per heavy atom. The molecule has 33 nitrogen and oxygen atoms in total. The van der Waals surface area contributed by atoms with Crippen LogP contribution in [0.4, 0.5) is 49.9 Å². The van der Waals surface area contributed by atoms with Crippen LogP contribution in [0.15, 0.2) is 231 Å². The van der Waals surface area contributed by atoms with Gasteiger partial charge in [-0.3, -0.25) is 39.2 Å². The zero-order valence-electron chi connectivity index (χ0n) is 80.3. The first-order valence-corrected chi connectivity index (χ1v) is 48.2. The number of ether oxygens (including phenoxy) is 8. The number of fused-ring (bicyclic) bond motifs is 4. The predicted octanol–water partition coefficient (Wildman–Crippen LogP) is 20.4. The number of nitrogens with one attached hydrogen (secondary N) is 1. The van der Waals surface area contributed by atoms with Crippen molar-refractivity contribution in [3.8, 4) is 85.3 Å². The SMILES string of the molecule is COc1cc(F)cc(N(CC2CC2)c2ccc3ncc(-c4cnn(C)c4)nc3c2)c1.COc1cc(OC)cc(N(CC2CC2)c2ccc3ncc(-c4cnn(C5CCC(C(=O)OC(C)(C)C)CC5)c4)nc3c2)c1.COc1cc(OC)cc(N(CC2CC2)c2ccc3ncc(-c4cnn(S(C)(=O)=O)c4)nc3c2)c1.COc1cc(OC)cc(N(Cc2cc(C)no2)c2ccc3ncc(-c4cn[nH]c4)nc3c2)c1. The number of methoxy groups -OCH3 is 7. The van der Waals surface area contributed by atoms with Gasteiger partial charge in [-0.25, -0.2) is 32.7 Å². The molecular weight excluding hydrogens is 1800 g/mol. The number of aromatic nitrogens is 17. The van der Waals surface area contributed by atoms with Gasteiger partial charge in [0.1, 0.15) is 51.7 Å². The number of nitrogens with zero attached hydrogens (tertiary/aromatic N) is 20. The lowest BCUT2D eigenvalue weighted by molar-refractivity contribution is -0.161. The normalized spacial score (nSPS) is 14.6. The molecule has 0 aliphatic heterocycles. The maximum atomic E-state index is 14.2. The second-order valence-electron chi connectivity index (χ2n) is 36.5. The van der Waals surface area contributed by atoms with Crippen LogP contribution in [0.1, 0.15) is 102 Å². The van der Waals surface area contributed by atoms with Crippen LogP contribution in [0.5, 0.6) is 40.2 Å². The Bertz CT molecular complexity index is 7350. The van der Waals surface area contributed by atoms with Crippen molar-refractivity contribution in [2.45, 2.75) is 110 Å². The molecule has 0 amide bonds. The summed E-state index contributed by atoms with van der Waals surface area (Å²) in [6.45, 7) is 10.7. The molecule has 9 heterocycles. The van der Waals surface area contributed by atoms with Gasteiger partial charge in [0.25, 0.3) is 10.0 Å². The molecule has 4 aliphatic carbocycles. The molecule has 9 aromatic heterocycles. The van der Waals surface area contributed by atoms with Crippen molar-refractivity contribution in [1.29, 1.82) is 0 Å². The van der Waals surface area contributed by atoms with Crippen molar-refractivity contribution in [2.75, 3.05) is 95.3 Å². The third-order valence-electron chi connectivity index (χ3n) is 24.8. The van der Waals surface area contributed by atoms with Crippen molar-refractivity contribution in [3.63, 3.8) is 0 Å². The van der Waals surface area contributed by atoms with Gasteiger partial charge in [-0.1, -0.05) is 5.16 Å². The van der Waals surface area contributed by atoms with Crippen molar-refractivity contribution >= 4 is 106 Å². The summed E-state index contributed by atoms with van der Waals surface area (Å²) in [5.41, 5.74) is 20.4. The van der Waals surface area contributed by atoms with Crippen LogP contribution in [-0.2, 0) is 33.1 Å². The highest BCUT2D eigenvalue weighted by Gasteiger charge is 2.34. The number of H-pyrrole nitrogens is 1. The van der Waals surface area contributed by atoms with E-state index in [1.165, 1.54) is 57.0 Å². The standard InChI is InChI=1S/C34H41N5O4.C24H22N6O3.C24H25N5O4S.C23H22FN5O/c1-34(2,3)43-33(40)23-8-10-25(11-9-23)39-21-24(18-36-39)32-19-35-30-13-12-26(16-31(30)37-32)38(20-22-6-7-22)27-14-28(41-4)17-29(15-27)42-5;1-15-6-21(33-29-15)14-30(18-7-19(31-2)10-20(8-18)32-3)17-4-5-22-23(9-17)28-24(13-25-22)16-11-26-27-12-16;1-32-20-8-19(9-21(11-20)33-2)28(14-16-4-5-16)18-6-7-22-23(10-18)27-24(13-25-22)17-12-26-29(15-17)34(3,30)31;1-28-14-16(11-26-28)23-12-25-21-6-5-18(10-22(21)27-23)29(13-15-3-4-15)19-7-17(24)8-20(9-19)30-2/h12-19,21-23,25H,6-11,20H2,1-5H3;4-13H,14H2,1-3H3,(H,26,27);6-13,15-16H,4-5,14H2,1-3H3;5-12,14-15H,3-4,13H2,1-2H3. The summed E-state index contributed by atoms with van der Waals surface area (Å²) < 4.78 is 91.9. The largest absolute Gasteiger partial charge is 0.497 e. The zero-order valence-corrected chi connectivity index (χ0v) is 81.1. The Balaban J connectivity index is 0.000000125. The second-order valence-corrected chi connectivity index (χ2v) is 38.3. The predicted molar refractivity (Wildman–Crippen MR) is 535 cm³/mol. The summed E-state index contributed by atoms with van der Waals surface area (Å²) in [7, 11) is 9.85. The van der Waals surface area contributed by atoms with Gasteiger partial charge in [-0.2, -0.15) is 24.5 Å². The summed E-state index contributed by atoms with van der Waals surface area (Å²) in [6, 6.07) is 48.7. The number of aromatic amines is 1. The number of halogens is 1. The molecule has 0 atom stereocenters. The van der Waals surface area contributed by atoms with E-state index in [1.54, 1.807) is 97.7 Å². The van der Waals surface area contributed by atoms with Gasteiger partial charge in [0.2, 0.25) is 0 Å². The fourth-order valence-electron chi connectivity index (χ4n) is 16.8. The minimum atomic E-state index is -3.47. The lowest BCUT2D eigenvalue weighted by atomic mass is 9.86. The molecule has 1 N–H and O–H groups in total. The maximum Gasteiger partial charge on any atom is 0.309 e. The van der Waals surface area contributed by atoms with Gasteiger partial charge in [0.05, 0.1) is 203 Å². The first-order valence-electron chi connectivity index (χ1n) is 46.4. The number of carbonyl (C=O) groups excluding carboxylic acids is 1. The average Bonchev–Trinajstić information content (AvgIpc) is 1.46. The molecule has 4 fully saturated rings. The second kappa shape index (κ2) is 41.3. The molecule has 17 aromatic rings. The van der Waals surface area contributed by atoms with Gasteiger partial charge >= 0.3 is 5.97 Å². The van der Waals surface area contributed by atoms with E-state index in [1.807, 2.05) is 185 Å². The molecule has 140 heavy (non-hydrogen) atoms. The molecule has 0 saturated heterocycles. The Kier molecular flexibility index (Phi) is 27.9. The zero-order chi connectivity index (χ0) is 97.5. The summed E-state index contributed by atoms with van der Waals surface area (Å²) >= 11 is 0. The number of anilines is 8. The summed E-state index contributed by atoms with van der Waals surface area (Å²) in [5, 5.41) is 23.7. The highest BCUT2D eigenvalue weighted by Crippen LogP contribution is 2.45. The minimum Gasteiger partial charge on any atom is -0.497 e. The van der Waals surface area contributed by atoms with Gasteiger partial charge in [0, 0.05) is 186 Å². The number of esters is 1. The first-order chi connectivity index (χ1) is 67.7. The van der Waals surface area contributed by atoms with Crippen molar-refractivity contribution in [3.05, 3.63) is 243 Å². The number of carbonyl (C=O) groups is 1. The Labute approximate surface area is 809 Å². The van der Waals surface area contributed by atoms with Gasteiger partial charge in [0.15, 0.2) is 5.76 Å². The van der Waals surface area contributed by atoms with Gasteiger partial charge < -0.3 is 62.0 Å². The van der Waals surface area contributed by atoms with Crippen molar-refractivity contribution in [1.82, 2.24) is 84.0 Å². The van der Waals surface area contributed by atoms with E-state index >= 15 is 0 Å². The number of benzene rings is 8. The van der Waals surface area contributed by atoms with Crippen molar-refractivity contribution in [2.24, 2.45) is 30.7 Å². The Morgan fingerprint density at radius 3 is 1.17 bits per heavy atom. The minimum absolute atomic E-state index is 0.0383. The van der Waals surface area contributed by atoms with E-state index < -0.39 is 15.6 Å². The number of hydrogen-bond donors (Lipinski definition) is 1. The number of aryl methyl sites for hydroxylation is 2. The lowest BCUT2D eigenvalue weighted by Crippen LogP contribution is -2.31. The van der Waals surface area contributed by atoms with E-state index in [9.17, 15) is 17.6 Å². The quantitative estimate of drug-likeness (QED) is 0.0409. The van der Waals surface area contributed by atoms with Crippen LogP contribution in [0.3, 0.4) is 0 Å². The van der Waals surface area contributed by atoms with Crippen LogP contribution in [0.2, 0.25) is 0 Å². The third-order valence-corrected chi connectivity index (χ3v) is 25.7. The van der Waals surface area contributed by atoms with E-state index in [0.717, 1.165) is 208 Å². The van der Waals surface area contributed by atoms with Gasteiger partial charge in [-0.15, -0.1) is 0 Å². The number of rotatable bonds is 30. The van der Waals surface area contributed by atoms with Crippen molar-refractivity contribution < 1.29 is 60.0 Å². The molecular formula is C105H110FN21O12S. The van der Waals surface area contributed by atoms with E-state index in [-0.39, 0.29) is 23.7 Å².